The Balaban J connectivity index is 1.36. The molecule has 7 rings (SSSR count). The minimum Gasteiger partial charge on any atom is -0.405 e. The number of fused-ring (bicyclic) bond motifs is 1. The van der Waals surface area contributed by atoms with Gasteiger partial charge in [-0.2, -0.15) is 13.9 Å². The molecule has 0 unspecified atom stereocenters. The van der Waals surface area contributed by atoms with E-state index in [0.29, 0.717) is 46.6 Å². The van der Waals surface area contributed by atoms with Gasteiger partial charge in [0.2, 0.25) is 11.8 Å². The number of aryl methyl sites for hydroxylation is 2. The van der Waals surface area contributed by atoms with E-state index in [9.17, 15) is 35.9 Å². The number of carbonyl (C=O) groups is 1. The topological polar surface area (TPSA) is 204 Å². The number of hydrogen-bond donors (Lipinski definition) is 4. The minimum absolute atomic E-state index is 0.0493. The second-order valence-corrected chi connectivity index (χ2v) is 21.1. The fourth-order valence-corrected chi connectivity index (χ4v) is 10.4. The maximum atomic E-state index is 15.6. The Morgan fingerprint density at radius 3 is 2.39 bits per heavy atom. The number of hydrogen-bond acceptors (Lipinski definition) is 12. The third kappa shape index (κ3) is 10.1. The number of allylic oxidation sites excluding steroid dienone is 3. The Morgan fingerprint density at radius 1 is 1.10 bits per heavy atom. The summed E-state index contributed by atoms with van der Waals surface area (Å²) < 4.78 is 121. The van der Waals surface area contributed by atoms with Gasteiger partial charge in [-0.05, 0) is 96.0 Å². The number of rotatable bonds is 17. The van der Waals surface area contributed by atoms with Gasteiger partial charge in [-0.3, -0.25) is 24.8 Å². The quantitative estimate of drug-likeness (QED) is 0.0515. The van der Waals surface area contributed by atoms with E-state index in [4.69, 9.17) is 26.7 Å². The molecule has 0 saturated heterocycles. The molecule has 67 heavy (non-hydrogen) atoms. The standard InChI is InChI=1S/C45H48ClF6N9O5S/c1-7-23-19-30(35(53)39(49)50)38(45(23,51)52)54-21-33(62)56-32(18-22-16-24(47)20-25(48)17-22)36-28(11-8-26(55-36)14-15-43(2,3)67(64,65)27-9-10-27)29-12-13-31(46)34-37(29)61(6)60-40(34)57-42-59-58-41(66-42)44(4,5)63/h7-8,11-13,16-17,20,23,27,32,39,63H,1,9-10,14-15,18-19,21,53H2,2-6H3,(H,56,62)(H,57,59,60)/t23-,32+/m1/s1. The normalized spacial score (nSPS) is 18.5. The van der Waals surface area contributed by atoms with Crippen LogP contribution in [0.25, 0.3) is 22.0 Å². The van der Waals surface area contributed by atoms with Gasteiger partial charge in [0.1, 0.15) is 29.5 Å². The first-order chi connectivity index (χ1) is 31.3. The molecule has 5 N–H and O–H groups in total. The predicted octanol–water partition coefficient (Wildman–Crippen LogP) is 8.37. The van der Waals surface area contributed by atoms with E-state index in [2.05, 4.69) is 37.5 Å². The molecule has 14 nitrogen and oxygen atoms in total. The molecule has 3 aromatic heterocycles. The Labute approximate surface area is 386 Å². The monoisotopic (exact) mass is 975 g/mol. The van der Waals surface area contributed by atoms with Gasteiger partial charge in [0.05, 0.1) is 49.3 Å². The number of halogens is 7. The van der Waals surface area contributed by atoms with Gasteiger partial charge in [0, 0.05) is 35.5 Å². The van der Waals surface area contributed by atoms with Crippen LogP contribution in [0.4, 0.5) is 38.2 Å². The molecule has 2 aliphatic rings. The molecule has 358 valence electrons. The van der Waals surface area contributed by atoms with Crippen LogP contribution in [0, 0.1) is 17.6 Å². The van der Waals surface area contributed by atoms with Gasteiger partial charge in [-0.15, -0.1) is 11.7 Å². The van der Waals surface area contributed by atoms with Gasteiger partial charge in [0.15, 0.2) is 15.7 Å². The van der Waals surface area contributed by atoms with Crippen LogP contribution in [0.2, 0.25) is 5.02 Å². The zero-order valence-electron chi connectivity index (χ0n) is 37.0. The first-order valence-electron chi connectivity index (χ1n) is 21.1. The van der Waals surface area contributed by atoms with Crippen LogP contribution in [0.3, 0.4) is 0 Å². The Kier molecular flexibility index (Phi) is 13.5. The van der Waals surface area contributed by atoms with Crippen molar-refractivity contribution in [1.82, 2.24) is 30.3 Å². The lowest BCUT2D eigenvalue weighted by molar-refractivity contribution is -0.120. The molecule has 22 heteroatoms. The molecule has 0 bridgehead atoms. The number of amides is 1. The van der Waals surface area contributed by atoms with Crippen LogP contribution in [0.5, 0.6) is 0 Å². The largest absolute Gasteiger partial charge is 0.405 e. The number of pyridine rings is 1. The van der Waals surface area contributed by atoms with Gasteiger partial charge in [-0.1, -0.05) is 34.9 Å². The summed E-state index contributed by atoms with van der Waals surface area (Å²) >= 11 is 6.82. The molecule has 0 spiro atoms. The van der Waals surface area contributed by atoms with Crippen molar-refractivity contribution in [3.8, 4) is 11.1 Å². The van der Waals surface area contributed by atoms with Crippen molar-refractivity contribution < 1.29 is 49.1 Å². The maximum absolute atomic E-state index is 15.6. The van der Waals surface area contributed by atoms with Crippen LogP contribution in [0.1, 0.15) is 82.3 Å². The second kappa shape index (κ2) is 18.4. The van der Waals surface area contributed by atoms with Crippen molar-refractivity contribution in [3.05, 3.63) is 106 Å². The number of nitrogens with one attached hydrogen (secondary N) is 2. The molecule has 3 heterocycles. The number of anilines is 2. The highest BCUT2D eigenvalue weighted by molar-refractivity contribution is 7.93. The van der Waals surface area contributed by atoms with Crippen molar-refractivity contribution in [2.45, 2.75) is 100 Å². The van der Waals surface area contributed by atoms with Crippen LogP contribution in [-0.2, 0) is 40.1 Å². The SMILES string of the molecule is C=C[C@@H]1CC(=C(N)C(F)F)C(=NCC(=O)N[C@@H](Cc2cc(F)cc(F)c2)c2nc(CCC(C)(C)S(=O)(=O)C3CC3)ccc2-c2ccc(Cl)c3c(Nc4nnc(C(C)(C)O)o4)nn(C)c23)C1(F)F. The van der Waals surface area contributed by atoms with E-state index in [-0.39, 0.29) is 53.3 Å². The lowest BCUT2D eigenvalue weighted by atomic mass is 9.93. The summed E-state index contributed by atoms with van der Waals surface area (Å²) in [7, 11) is -1.90. The number of nitrogens with two attached hydrogens (primary N) is 1. The molecule has 1 amide bonds. The zero-order chi connectivity index (χ0) is 49.0. The lowest BCUT2D eigenvalue weighted by Crippen LogP contribution is -2.36. The highest BCUT2D eigenvalue weighted by Gasteiger charge is 2.52. The number of aliphatic imine (C=N–C) groups is 1. The van der Waals surface area contributed by atoms with E-state index < -0.39 is 97.2 Å². The van der Waals surface area contributed by atoms with Gasteiger partial charge in [0.25, 0.3) is 12.3 Å². The van der Waals surface area contributed by atoms with E-state index in [1.165, 1.54) is 18.5 Å². The first-order valence-corrected chi connectivity index (χ1v) is 23.0. The Morgan fingerprint density at radius 2 is 1.78 bits per heavy atom. The highest BCUT2D eigenvalue weighted by atomic mass is 35.5. The van der Waals surface area contributed by atoms with Crippen molar-refractivity contribution in [3.63, 3.8) is 0 Å². The average Bonchev–Trinajstić information content (AvgIpc) is 3.83. The molecule has 0 radical (unpaired) electrons. The van der Waals surface area contributed by atoms with Crippen LogP contribution >= 0.6 is 11.6 Å². The third-order valence-electron chi connectivity index (χ3n) is 11.9. The Hall–Kier alpha value is -5.80. The summed E-state index contributed by atoms with van der Waals surface area (Å²) in [6, 6.07) is 7.83. The molecular formula is C45H48ClF6N9O5S. The number of sulfone groups is 1. The second-order valence-electron chi connectivity index (χ2n) is 17.8. The van der Waals surface area contributed by atoms with Gasteiger partial charge < -0.3 is 20.6 Å². The number of benzene rings is 2. The highest BCUT2D eigenvalue weighted by Crippen LogP contribution is 2.45. The van der Waals surface area contributed by atoms with Crippen molar-refractivity contribution in [1.29, 1.82) is 0 Å². The molecular weight excluding hydrogens is 928 g/mol. The van der Waals surface area contributed by atoms with E-state index in [1.54, 1.807) is 45.2 Å². The fourth-order valence-electron chi connectivity index (χ4n) is 8.07. The average molecular weight is 976 g/mol. The fraction of sp³-hybridized carbons (Fsp3) is 0.422. The number of nitrogens with zero attached hydrogens (tertiary/aromatic N) is 6. The number of aliphatic hydroxyl groups is 1. The predicted molar refractivity (Wildman–Crippen MR) is 240 cm³/mol. The van der Waals surface area contributed by atoms with Crippen molar-refractivity contribution in [2.24, 2.45) is 23.7 Å². The summed E-state index contributed by atoms with van der Waals surface area (Å²) in [4.78, 5) is 22.8. The van der Waals surface area contributed by atoms with Crippen molar-refractivity contribution >= 4 is 55.8 Å². The van der Waals surface area contributed by atoms with Crippen LogP contribution in [-0.4, -0.2) is 79.0 Å². The van der Waals surface area contributed by atoms with Crippen LogP contribution < -0.4 is 16.4 Å². The number of alkyl halides is 4. The molecule has 2 atom stereocenters. The maximum Gasteiger partial charge on any atom is 0.321 e. The van der Waals surface area contributed by atoms with Crippen molar-refractivity contribution in [2.75, 3.05) is 11.9 Å². The molecule has 2 saturated carbocycles. The van der Waals surface area contributed by atoms with E-state index in [1.807, 2.05) is 0 Å². The summed E-state index contributed by atoms with van der Waals surface area (Å²) in [5.41, 5.74) is 2.92. The van der Waals surface area contributed by atoms with E-state index in [0.717, 1.165) is 18.2 Å². The lowest BCUT2D eigenvalue weighted by Gasteiger charge is -2.26. The minimum atomic E-state index is -3.81. The molecule has 2 aliphatic carbocycles. The smallest absolute Gasteiger partial charge is 0.321 e. The third-order valence-corrected chi connectivity index (χ3v) is 15.3. The molecule has 2 fully saturated rings. The Bertz CT molecular complexity index is 2910. The number of carbonyl (C=O) groups excluding carboxylic acids is 1. The van der Waals surface area contributed by atoms with Gasteiger partial charge >= 0.3 is 6.01 Å². The van der Waals surface area contributed by atoms with Crippen LogP contribution in [0.15, 0.2) is 75.8 Å². The zero-order valence-corrected chi connectivity index (χ0v) is 38.6. The molecule has 2 aromatic carbocycles. The molecule has 0 aliphatic heterocycles. The summed E-state index contributed by atoms with van der Waals surface area (Å²) in [5, 5.41) is 28.6. The van der Waals surface area contributed by atoms with Gasteiger partial charge in [-0.25, -0.2) is 26.0 Å². The summed E-state index contributed by atoms with van der Waals surface area (Å²) in [5.74, 6) is -8.25. The summed E-state index contributed by atoms with van der Waals surface area (Å²) in [6.07, 6.45) is -1.93. The summed E-state index contributed by atoms with van der Waals surface area (Å²) in [6.45, 7) is 8.56. The molecule has 5 aromatic rings. The first kappa shape index (κ1) is 49.1. The number of aromatic nitrogens is 5. The van der Waals surface area contributed by atoms with E-state index >= 15 is 8.78 Å².